The average molecular weight is 350 g/mol. The van der Waals surface area contributed by atoms with Gasteiger partial charge in [0.15, 0.2) is 0 Å². The predicted molar refractivity (Wildman–Crippen MR) is 102 cm³/mol. The van der Waals surface area contributed by atoms with E-state index >= 15 is 0 Å². The van der Waals surface area contributed by atoms with Gasteiger partial charge in [0, 0.05) is 15.8 Å². The molecule has 1 aromatic heterocycles. The summed E-state index contributed by atoms with van der Waals surface area (Å²) in [6.07, 6.45) is 1.55. The van der Waals surface area contributed by atoms with Crippen LogP contribution >= 0.6 is 11.6 Å². The number of halogens is 1. The Labute approximate surface area is 150 Å². The molecular formula is C20H16ClN3O. The quantitative estimate of drug-likeness (QED) is 0.519. The second-order valence-electron chi connectivity index (χ2n) is 5.64. The van der Waals surface area contributed by atoms with E-state index in [0.717, 1.165) is 27.9 Å². The molecule has 1 N–H and O–H groups in total. The summed E-state index contributed by atoms with van der Waals surface area (Å²) in [5.41, 5.74) is 0.858. The summed E-state index contributed by atoms with van der Waals surface area (Å²) >= 11 is 6.08. The number of anilines is 1. The maximum Gasteiger partial charge on any atom is 0.137 e. The minimum Gasteiger partial charge on any atom is -0.491 e. The summed E-state index contributed by atoms with van der Waals surface area (Å²) < 4.78 is 5.94. The molecule has 4 nitrogen and oxygen atoms in total. The van der Waals surface area contributed by atoms with E-state index in [1.54, 1.807) is 6.33 Å². The van der Waals surface area contributed by atoms with Crippen LogP contribution in [0.25, 0.3) is 21.7 Å². The number of hydrogen-bond donors (Lipinski definition) is 1. The Balaban J connectivity index is 1.45. The van der Waals surface area contributed by atoms with Gasteiger partial charge in [-0.3, -0.25) is 0 Å². The Hall–Kier alpha value is -2.85. The SMILES string of the molecule is Clc1ccc2ncnc(NCCOc3cccc4ccccc34)c2c1. The first kappa shape index (κ1) is 15.7. The summed E-state index contributed by atoms with van der Waals surface area (Å²) in [6.45, 7) is 1.15. The fourth-order valence-electron chi connectivity index (χ4n) is 2.82. The third-order valence-corrected chi connectivity index (χ3v) is 4.23. The average Bonchev–Trinajstić information content (AvgIpc) is 2.65. The fourth-order valence-corrected chi connectivity index (χ4v) is 2.99. The van der Waals surface area contributed by atoms with Crippen LogP contribution in [0.5, 0.6) is 5.75 Å². The lowest BCUT2D eigenvalue weighted by molar-refractivity contribution is 0.337. The van der Waals surface area contributed by atoms with Crippen LogP contribution in [-0.4, -0.2) is 23.1 Å². The van der Waals surface area contributed by atoms with E-state index < -0.39 is 0 Å². The van der Waals surface area contributed by atoms with Crippen molar-refractivity contribution in [3.63, 3.8) is 0 Å². The van der Waals surface area contributed by atoms with Crippen LogP contribution in [0.3, 0.4) is 0 Å². The van der Waals surface area contributed by atoms with Crippen LogP contribution in [0.1, 0.15) is 0 Å². The Morgan fingerprint density at radius 1 is 0.920 bits per heavy atom. The second-order valence-corrected chi connectivity index (χ2v) is 6.07. The number of fused-ring (bicyclic) bond motifs is 2. The standard InChI is InChI=1S/C20H16ClN3O/c21-15-8-9-18-17(12-15)20(24-13-23-18)22-10-11-25-19-7-3-5-14-4-1-2-6-16(14)19/h1-9,12-13H,10-11H2,(H,22,23,24). The first-order chi connectivity index (χ1) is 12.3. The van der Waals surface area contributed by atoms with Crippen LogP contribution in [0.15, 0.2) is 67.0 Å². The van der Waals surface area contributed by atoms with Gasteiger partial charge in [0.2, 0.25) is 0 Å². The first-order valence-electron chi connectivity index (χ1n) is 8.06. The molecule has 0 bridgehead atoms. The van der Waals surface area contributed by atoms with Gasteiger partial charge in [0.25, 0.3) is 0 Å². The Morgan fingerprint density at radius 2 is 1.80 bits per heavy atom. The number of ether oxygens (including phenoxy) is 1. The van der Waals surface area contributed by atoms with Gasteiger partial charge < -0.3 is 10.1 Å². The van der Waals surface area contributed by atoms with Crippen LogP contribution in [0.4, 0.5) is 5.82 Å². The van der Waals surface area contributed by atoms with Crippen LogP contribution < -0.4 is 10.1 Å². The molecule has 0 saturated carbocycles. The van der Waals surface area contributed by atoms with Gasteiger partial charge in [-0.15, -0.1) is 0 Å². The summed E-state index contributed by atoms with van der Waals surface area (Å²) in [4.78, 5) is 8.56. The minimum absolute atomic E-state index is 0.528. The highest BCUT2D eigenvalue weighted by Gasteiger charge is 2.05. The fraction of sp³-hybridized carbons (Fsp3) is 0.100. The van der Waals surface area contributed by atoms with Crippen LogP contribution in [0.2, 0.25) is 5.02 Å². The third kappa shape index (κ3) is 3.35. The molecule has 0 atom stereocenters. The van der Waals surface area contributed by atoms with E-state index in [1.165, 1.54) is 5.39 Å². The molecule has 0 amide bonds. The molecule has 0 saturated heterocycles. The zero-order chi connectivity index (χ0) is 17.1. The molecule has 1 heterocycles. The van der Waals surface area contributed by atoms with Gasteiger partial charge in [0.1, 0.15) is 24.5 Å². The first-order valence-corrected chi connectivity index (χ1v) is 8.44. The third-order valence-electron chi connectivity index (χ3n) is 4.00. The maximum atomic E-state index is 6.08. The largest absolute Gasteiger partial charge is 0.491 e. The van der Waals surface area contributed by atoms with Crippen molar-refractivity contribution in [2.75, 3.05) is 18.5 Å². The van der Waals surface area contributed by atoms with Crippen molar-refractivity contribution in [1.82, 2.24) is 9.97 Å². The van der Waals surface area contributed by atoms with Crippen molar-refractivity contribution >= 4 is 39.1 Å². The number of rotatable bonds is 5. The van der Waals surface area contributed by atoms with Crippen LogP contribution in [-0.2, 0) is 0 Å². The lowest BCUT2D eigenvalue weighted by atomic mass is 10.1. The molecule has 0 radical (unpaired) electrons. The highest BCUT2D eigenvalue weighted by molar-refractivity contribution is 6.31. The highest BCUT2D eigenvalue weighted by atomic mass is 35.5. The number of benzene rings is 3. The molecule has 4 rings (SSSR count). The van der Waals surface area contributed by atoms with Crippen molar-refractivity contribution in [3.05, 3.63) is 72.0 Å². The topological polar surface area (TPSA) is 47.0 Å². The normalized spacial score (nSPS) is 10.9. The lowest BCUT2D eigenvalue weighted by Gasteiger charge is -2.11. The van der Waals surface area contributed by atoms with Gasteiger partial charge in [-0.2, -0.15) is 0 Å². The minimum atomic E-state index is 0.528. The molecule has 0 spiro atoms. The van der Waals surface area contributed by atoms with Crippen molar-refractivity contribution < 1.29 is 4.74 Å². The number of hydrogen-bond acceptors (Lipinski definition) is 4. The van der Waals surface area contributed by atoms with Crippen molar-refractivity contribution in [2.24, 2.45) is 0 Å². The lowest BCUT2D eigenvalue weighted by Crippen LogP contribution is -2.12. The van der Waals surface area contributed by atoms with Gasteiger partial charge in [-0.25, -0.2) is 9.97 Å². The molecule has 0 aliphatic carbocycles. The summed E-state index contributed by atoms with van der Waals surface area (Å²) in [7, 11) is 0. The Kier molecular flexibility index (Phi) is 4.36. The van der Waals surface area contributed by atoms with Gasteiger partial charge in [-0.05, 0) is 29.7 Å². The highest BCUT2D eigenvalue weighted by Crippen LogP contribution is 2.25. The van der Waals surface area contributed by atoms with Gasteiger partial charge in [0.05, 0.1) is 12.1 Å². The van der Waals surface area contributed by atoms with Crippen molar-refractivity contribution in [1.29, 1.82) is 0 Å². The zero-order valence-corrected chi connectivity index (χ0v) is 14.2. The second kappa shape index (κ2) is 6.95. The van der Waals surface area contributed by atoms with Gasteiger partial charge in [-0.1, -0.05) is 48.0 Å². The smallest absolute Gasteiger partial charge is 0.137 e. The molecule has 5 heteroatoms. The van der Waals surface area contributed by atoms with Gasteiger partial charge >= 0.3 is 0 Å². The van der Waals surface area contributed by atoms with E-state index in [1.807, 2.05) is 42.5 Å². The van der Waals surface area contributed by atoms with Crippen LogP contribution in [0, 0.1) is 0 Å². The molecule has 0 aliphatic heterocycles. The van der Waals surface area contributed by atoms with E-state index in [-0.39, 0.29) is 0 Å². The molecule has 3 aromatic carbocycles. The number of nitrogens with one attached hydrogen (secondary N) is 1. The molecule has 0 aliphatic rings. The van der Waals surface area contributed by atoms with E-state index in [9.17, 15) is 0 Å². The predicted octanol–water partition coefficient (Wildman–Crippen LogP) is 4.93. The maximum absolute atomic E-state index is 6.08. The monoisotopic (exact) mass is 349 g/mol. The van der Waals surface area contributed by atoms with Crippen molar-refractivity contribution in [2.45, 2.75) is 0 Å². The molecule has 0 unspecified atom stereocenters. The number of aromatic nitrogens is 2. The molecule has 0 fully saturated rings. The summed E-state index contributed by atoms with van der Waals surface area (Å²) in [5.74, 6) is 1.64. The molecule has 4 aromatic rings. The van der Waals surface area contributed by atoms with E-state index in [2.05, 4.69) is 33.5 Å². The Morgan fingerprint density at radius 3 is 2.76 bits per heavy atom. The van der Waals surface area contributed by atoms with E-state index in [0.29, 0.717) is 18.2 Å². The molecular weight excluding hydrogens is 334 g/mol. The van der Waals surface area contributed by atoms with Crippen molar-refractivity contribution in [3.8, 4) is 5.75 Å². The molecule has 124 valence electrons. The summed E-state index contributed by atoms with van der Waals surface area (Å²) in [5, 5.41) is 7.15. The Bertz CT molecular complexity index is 1030. The van der Waals surface area contributed by atoms with E-state index in [4.69, 9.17) is 16.3 Å². The number of nitrogens with zero attached hydrogens (tertiary/aromatic N) is 2. The summed E-state index contributed by atoms with van der Waals surface area (Å²) in [6, 6.07) is 19.8. The molecule has 25 heavy (non-hydrogen) atoms. The zero-order valence-electron chi connectivity index (χ0n) is 13.4.